The van der Waals surface area contributed by atoms with Crippen molar-refractivity contribution in [3.05, 3.63) is 0 Å². The van der Waals surface area contributed by atoms with Gasteiger partial charge in [-0.05, 0) is 20.8 Å². The quantitative estimate of drug-likeness (QED) is 0.584. The van der Waals surface area contributed by atoms with E-state index in [2.05, 4.69) is 4.99 Å². The Morgan fingerprint density at radius 2 is 2.00 bits per heavy atom. The maximum absolute atomic E-state index is 8.56. The number of nitriles is 2. The van der Waals surface area contributed by atoms with Crippen LogP contribution in [0.15, 0.2) is 4.99 Å². The molecule has 0 N–H and O–H groups in total. The summed E-state index contributed by atoms with van der Waals surface area (Å²) in [5.74, 6) is -0.366. The van der Waals surface area contributed by atoms with Crippen LogP contribution < -0.4 is 0 Å². The van der Waals surface area contributed by atoms with Crippen LogP contribution in [0.2, 0.25) is 0 Å². The molecule has 12 heavy (non-hydrogen) atoms. The van der Waals surface area contributed by atoms with Gasteiger partial charge in [0.1, 0.15) is 0 Å². The van der Waals surface area contributed by atoms with Crippen molar-refractivity contribution in [2.75, 3.05) is 0 Å². The van der Waals surface area contributed by atoms with Crippen molar-refractivity contribution in [3.63, 3.8) is 0 Å². The molecule has 0 amide bonds. The molecule has 0 rings (SSSR count). The monoisotopic (exact) mass is 163 g/mol. The fourth-order valence-corrected chi connectivity index (χ4v) is 0.544. The molecule has 0 aliphatic carbocycles. The van der Waals surface area contributed by atoms with Crippen LogP contribution in [-0.4, -0.2) is 11.8 Å². The molecule has 0 fully saturated rings. The summed E-state index contributed by atoms with van der Waals surface area (Å²) in [5, 5.41) is 16.9. The van der Waals surface area contributed by atoms with Crippen LogP contribution in [0.4, 0.5) is 0 Å². The highest BCUT2D eigenvalue weighted by Gasteiger charge is 2.08. The summed E-state index contributed by atoms with van der Waals surface area (Å²) in [6, 6.07) is 3.94. The molecule has 0 heterocycles. The fraction of sp³-hybridized carbons (Fsp3) is 0.667. The van der Waals surface area contributed by atoms with E-state index in [1.807, 2.05) is 32.9 Å². The van der Waals surface area contributed by atoms with Gasteiger partial charge in [-0.15, -0.1) is 0 Å². The molecule has 1 unspecified atom stereocenters. The molecule has 64 valence electrons. The van der Waals surface area contributed by atoms with Gasteiger partial charge in [0.15, 0.2) is 0 Å². The van der Waals surface area contributed by atoms with E-state index in [1.165, 1.54) is 0 Å². The van der Waals surface area contributed by atoms with Crippen molar-refractivity contribution in [2.24, 2.45) is 10.9 Å². The third-order valence-electron chi connectivity index (χ3n) is 1.12. The molecular formula is C9H13N3. The predicted octanol–water partition coefficient (Wildman–Crippen LogP) is 1.91. The zero-order valence-corrected chi connectivity index (χ0v) is 7.70. The first-order valence-corrected chi connectivity index (χ1v) is 3.81. The van der Waals surface area contributed by atoms with E-state index in [9.17, 15) is 0 Å². The third kappa shape index (κ3) is 5.44. The van der Waals surface area contributed by atoms with Gasteiger partial charge in [0.2, 0.25) is 0 Å². The van der Waals surface area contributed by atoms with Crippen LogP contribution in [0.1, 0.15) is 27.2 Å². The second-order valence-electron chi connectivity index (χ2n) is 3.55. The molecule has 0 saturated carbocycles. The summed E-state index contributed by atoms with van der Waals surface area (Å²) in [4.78, 5) is 4.15. The van der Waals surface area contributed by atoms with Crippen LogP contribution in [0.5, 0.6) is 0 Å². The Kier molecular flexibility index (Phi) is 4.00. The molecule has 0 spiro atoms. The number of hydrogen-bond donors (Lipinski definition) is 0. The maximum Gasteiger partial charge on any atom is 0.0940 e. The van der Waals surface area contributed by atoms with E-state index in [0.717, 1.165) is 0 Å². The van der Waals surface area contributed by atoms with Gasteiger partial charge >= 0.3 is 0 Å². The summed E-state index contributed by atoms with van der Waals surface area (Å²) in [5.41, 5.74) is -0.162. The lowest BCUT2D eigenvalue weighted by Gasteiger charge is -2.11. The predicted molar refractivity (Wildman–Crippen MR) is 47.6 cm³/mol. The van der Waals surface area contributed by atoms with Crippen molar-refractivity contribution < 1.29 is 0 Å². The summed E-state index contributed by atoms with van der Waals surface area (Å²) >= 11 is 0. The minimum atomic E-state index is -0.366. The first kappa shape index (κ1) is 10.7. The molecule has 0 aliphatic heterocycles. The van der Waals surface area contributed by atoms with E-state index >= 15 is 0 Å². The Bertz CT molecular complexity index is 234. The van der Waals surface area contributed by atoms with E-state index in [1.54, 1.807) is 6.21 Å². The van der Waals surface area contributed by atoms with Crippen LogP contribution in [-0.2, 0) is 0 Å². The Balaban J connectivity index is 4.15. The summed E-state index contributed by atoms with van der Waals surface area (Å²) in [6.07, 6.45) is 1.78. The number of nitrogens with zero attached hydrogens (tertiary/aromatic N) is 3. The van der Waals surface area contributed by atoms with Crippen molar-refractivity contribution >= 4 is 6.21 Å². The van der Waals surface area contributed by atoms with Gasteiger partial charge < -0.3 is 0 Å². The molecule has 3 nitrogen and oxygen atoms in total. The number of rotatable bonds is 2. The molecule has 0 saturated heterocycles. The fourth-order valence-electron chi connectivity index (χ4n) is 0.544. The van der Waals surface area contributed by atoms with Crippen LogP contribution in [0.25, 0.3) is 0 Å². The van der Waals surface area contributed by atoms with E-state index in [4.69, 9.17) is 10.5 Å². The van der Waals surface area contributed by atoms with Crippen LogP contribution >= 0.6 is 0 Å². The van der Waals surface area contributed by atoms with E-state index in [-0.39, 0.29) is 17.9 Å². The maximum atomic E-state index is 8.56. The summed E-state index contributed by atoms with van der Waals surface area (Å²) < 4.78 is 0. The lowest BCUT2D eigenvalue weighted by Crippen LogP contribution is -2.11. The van der Waals surface area contributed by atoms with Crippen molar-refractivity contribution in [3.8, 4) is 12.1 Å². The van der Waals surface area contributed by atoms with E-state index in [0.29, 0.717) is 0 Å². The average molecular weight is 163 g/mol. The zero-order chi connectivity index (χ0) is 9.61. The topological polar surface area (TPSA) is 59.9 Å². The van der Waals surface area contributed by atoms with Gasteiger partial charge in [0, 0.05) is 6.21 Å². The largest absolute Gasteiger partial charge is 0.290 e. The molecule has 0 aromatic rings. The smallest absolute Gasteiger partial charge is 0.0940 e. The Hall–Kier alpha value is -1.35. The second kappa shape index (κ2) is 4.51. The first-order chi connectivity index (χ1) is 5.49. The second-order valence-corrected chi connectivity index (χ2v) is 3.55. The van der Waals surface area contributed by atoms with Crippen LogP contribution in [0, 0.1) is 28.6 Å². The standard InChI is InChI=1S/C9H13N3/c1-9(2,3)12-7-8(6-11)4-5-10/h7-8H,4H2,1-3H3. The van der Waals surface area contributed by atoms with Crippen molar-refractivity contribution in [1.82, 2.24) is 0 Å². The van der Waals surface area contributed by atoms with Gasteiger partial charge in [0.05, 0.1) is 30.0 Å². The summed E-state index contributed by atoms with van der Waals surface area (Å²) in [6.45, 7) is 5.85. The highest BCUT2D eigenvalue weighted by molar-refractivity contribution is 5.65. The Morgan fingerprint density at radius 3 is 2.33 bits per heavy atom. The van der Waals surface area contributed by atoms with Crippen molar-refractivity contribution in [1.29, 1.82) is 10.5 Å². The number of hydrogen-bond acceptors (Lipinski definition) is 3. The van der Waals surface area contributed by atoms with Gasteiger partial charge in [0.25, 0.3) is 0 Å². The molecule has 3 heteroatoms. The molecule has 0 aliphatic rings. The molecule has 0 aromatic heterocycles. The lowest BCUT2D eigenvalue weighted by molar-refractivity contribution is 0.582. The normalized spacial score (nSPS) is 13.8. The van der Waals surface area contributed by atoms with Gasteiger partial charge in [-0.3, -0.25) is 4.99 Å². The first-order valence-electron chi connectivity index (χ1n) is 3.81. The Morgan fingerprint density at radius 1 is 1.42 bits per heavy atom. The molecular weight excluding hydrogens is 150 g/mol. The molecule has 1 atom stereocenters. The highest BCUT2D eigenvalue weighted by Crippen LogP contribution is 2.07. The van der Waals surface area contributed by atoms with Crippen molar-refractivity contribution in [2.45, 2.75) is 32.7 Å². The SMILES string of the molecule is CC(C)(C)N=CC(C#N)CC#N. The minimum Gasteiger partial charge on any atom is -0.290 e. The van der Waals surface area contributed by atoms with Gasteiger partial charge in [-0.2, -0.15) is 10.5 Å². The lowest BCUT2D eigenvalue weighted by atomic mass is 10.1. The average Bonchev–Trinajstić information content (AvgIpc) is 1.96. The Labute approximate surface area is 73.3 Å². The van der Waals surface area contributed by atoms with Gasteiger partial charge in [-0.25, -0.2) is 0 Å². The molecule has 0 aromatic carbocycles. The molecule has 0 radical (unpaired) electrons. The molecule has 0 bridgehead atoms. The number of aliphatic imine (C=N–C) groups is 1. The zero-order valence-electron chi connectivity index (χ0n) is 7.70. The van der Waals surface area contributed by atoms with Gasteiger partial charge in [-0.1, -0.05) is 0 Å². The minimum absolute atomic E-state index is 0.162. The highest BCUT2D eigenvalue weighted by atomic mass is 14.8. The third-order valence-corrected chi connectivity index (χ3v) is 1.12. The van der Waals surface area contributed by atoms with Crippen LogP contribution in [0.3, 0.4) is 0 Å². The summed E-state index contributed by atoms with van der Waals surface area (Å²) in [7, 11) is 0. The van der Waals surface area contributed by atoms with E-state index < -0.39 is 0 Å².